The van der Waals surface area contributed by atoms with E-state index in [1.54, 1.807) is 6.07 Å². The lowest BCUT2D eigenvalue weighted by atomic mass is 9.69. The number of rotatable bonds is 3. The molecule has 0 amide bonds. The van der Waals surface area contributed by atoms with Crippen LogP contribution in [-0.2, 0) is 6.42 Å². The quantitative estimate of drug-likeness (QED) is 0.533. The summed E-state index contributed by atoms with van der Waals surface area (Å²) in [6.45, 7) is 4.48. The normalized spacial score (nSPS) is 29.7. The molecular weight excluding hydrogens is 307 g/mol. The van der Waals surface area contributed by atoms with E-state index in [2.05, 4.69) is 25.7 Å². The van der Waals surface area contributed by atoms with E-state index in [-0.39, 0.29) is 5.82 Å². The van der Waals surface area contributed by atoms with Crippen molar-refractivity contribution >= 4 is 0 Å². The van der Waals surface area contributed by atoms with Crippen molar-refractivity contribution < 1.29 is 4.39 Å². The second-order valence-electron chi connectivity index (χ2n) is 8.46. The first-order chi connectivity index (χ1) is 12.2. The SMILES string of the molecule is CCCc1ccc(C#C[C@H]2CC[C@H]([C@H]3CC[C@H](C)CC3)CC2)cc1F. The minimum absolute atomic E-state index is 0.0936. The zero-order valence-corrected chi connectivity index (χ0v) is 16.0. The maximum absolute atomic E-state index is 14.0. The molecule has 2 saturated carbocycles. The van der Waals surface area contributed by atoms with Gasteiger partial charge in [0.2, 0.25) is 0 Å². The van der Waals surface area contributed by atoms with Crippen LogP contribution in [0.3, 0.4) is 0 Å². The number of hydrogen-bond acceptors (Lipinski definition) is 0. The van der Waals surface area contributed by atoms with Gasteiger partial charge in [0.25, 0.3) is 0 Å². The monoisotopic (exact) mass is 340 g/mol. The van der Waals surface area contributed by atoms with Gasteiger partial charge in [-0.05, 0) is 80.4 Å². The number of benzene rings is 1. The zero-order valence-electron chi connectivity index (χ0n) is 16.0. The van der Waals surface area contributed by atoms with Gasteiger partial charge in [-0.1, -0.05) is 51.0 Å². The van der Waals surface area contributed by atoms with Crippen LogP contribution in [0.2, 0.25) is 0 Å². The molecule has 0 radical (unpaired) electrons. The molecule has 1 aromatic rings. The van der Waals surface area contributed by atoms with E-state index in [1.165, 1.54) is 51.4 Å². The smallest absolute Gasteiger partial charge is 0.127 e. The van der Waals surface area contributed by atoms with Crippen LogP contribution in [0.4, 0.5) is 4.39 Å². The zero-order chi connectivity index (χ0) is 17.6. The summed E-state index contributed by atoms with van der Waals surface area (Å²) in [6.07, 6.45) is 12.7. The number of aryl methyl sites for hydroxylation is 1. The van der Waals surface area contributed by atoms with Crippen LogP contribution in [0.15, 0.2) is 18.2 Å². The highest BCUT2D eigenvalue weighted by Gasteiger charge is 2.29. The van der Waals surface area contributed by atoms with E-state index in [0.717, 1.165) is 41.7 Å². The summed E-state index contributed by atoms with van der Waals surface area (Å²) >= 11 is 0. The summed E-state index contributed by atoms with van der Waals surface area (Å²) in [4.78, 5) is 0. The predicted molar refractivity (Wildman–Crippen MR) is 104 cm³/mol. The van der Waals surface area contributed by atoms with Crippen molar-refractivity contribution in [2.75, 3.05) is 0 Å². The molecule has 0 saturated heterocycles. The van der Waals surface area contributed by atoms with Crippen LogP contribution in [0.1, 0.15) is 82.8 Å². The predicted octanol–water partition coefficient (Wildman–Crippen LogP) is 6.76. The molecule has 2 fully saturated rings. The van der Waals surface area contributed by atoms with Crippen molar-refractivity contribution in [2.45, 2.75) is 78.1 Å². The van der Waals surface area contributed by atoms with Crippen molar-refractivity contribution in [1.82, 2.24) is 0 Å². The Kier molecular flexibility index (Phi) is 6.57. The summed E-state index contributed by atoms with van der Waals surface area (Å²) in [7, 11) is 0. The molecule has 0 aromatic heterocycles. The van der Waals surface area contributed by atoms with Gasteiger partial charge in [-0.25, -0.2) is 4.39 Å². The highest BCUT2D eigenvalue weighted by molar-refractivity contribution is 5.37. The van der Waals surface area contributed by atoms with Crippen LogP contribution in [0.25, 0.3) is 0 Å². The molecule has 1 aromatic carbocycles. The van der Waals surface area contributed by atoms with Gasteiger partial charge in [-0.3, -0.25) is 0 Å². The topological polar surface area (TPSA) is 0 Å². The van der Waals surface area contributed by atoms with Crippen LogP contribution in [-0.4, -0.2) is 0 Å². The third-order valence-electron chi connectivity index (χ3n) is 6.49. The molecule has 0 unspecified atom stereocenters. The molecule has 0 spiro atoms. The number of hydrogen-bond donors (Lipinski definition) is 0. The molecule has 0 nitrogen and oxygen atoms in total. The minimum Gasteiger partial charge on any atom is -0.207 e. The summed E-state index contributed by atoms with van der Waals surface area (Å²) in [5.41, 5.74) is 1.65. The average Bonchev–Trinajstić information content (AvgIpc) is 2.63. The first kappa shape index (κ1) is 18.5. The average molecular weight is 341 g/mol. The van der Waals surface area contributed by atoms with Crippen LogP contribution < -0.4 is 0 Å². The van der Waals surface area contributed by atoms with E-state index in [1.807, 2.05) is 12.1 Å². The Morgan fingerprint density at radius 2 is 1.60 bits per heavy atom. The van der Waals surface area contributed by atoms with Crippen molar-refractivity contribution in [1.29, 1.82) is 0 Å². The fraction of sp³-hybridized carbons (Fsp3) is 0.667. The molecular formula is C24H33F. The maximum Gasteiger partial charge on any atom is 0.127 e. The molecule has 0 N–H and O–H groups in total. The van der Waals surface area contributed by atoms with E-state index >= 15 is 0 Å². The standard InChI is InChI=1S/C24H33F/c1-3-4-23-16-11-20(17-24(23)25)8-7-19-9-14-22(15-10-19)21-12-5-18(2)6-13-21/h11,16-19,21-22H,3-6,9-10,12-15H2,1-2H3/t18-,19-,21-,22-. The third-order valence-corrected chi connectivity index (χ3v) is 6.49. The Morgan fingerprint density at radius 1 is 0.960 bits per heavy atom. The van der Waals surface area contributed by atoms with Gasteiger partial charge in [0.15, 0.2) is 0 Å². The lowest BCUT2D eigenvalue weighted by Gasteiger charge is -2.36. The number of halogens is 1. The first-order valence-electron chi connectivity index (χ1n) is 10.5. The van der Waals surface area contributed by atoms with Gasteiger partial charge in [0, 0.05) is 11.5 Å². The Hall–Kier alpha value is -1.29. The molecule has 0 heterocycles. The molecule has 1 heteroatoms. The molecule has 0 bridgehead atoms. The fourth-order valence-electron chi connectivity index (χ4n) is 4.77. The highest BCUT2D eigenvalue weighted by Crippen LogP contribution is 2.41. The summed E-state index contributed by atoms with van der Waals surface area (Å²) in [6, 6.07) is 5.51. The van der Waals surface area contributed by atoms with Gasteiger partial charge >= 0.3 is 0 Å². The molecule has 2 aliphatic rings. The van der Waals surface area contributed by atoms with Crippen molar-refractivity contribution in [3.8, 4) is 11.8 Å². The van der Waals surface area contributed by atoms with Crippen molar-refractivity contribution in [3.63, 3.8) is 0 Å². The molecule has 3 rings (SSSR count). The van der Waals surface area contributed by atoms with Gasteiger partial charge in [0.1, 0.15) is 5.82 Å². The van der Waals surface area contributed by atoms with E-state index < -0.39 is 0 Å². The lowest BCUT2D eigenvalue weighted by Crippen LogP contribution is -2.24. The van der Waals surface area contributed by atoms with E-state index in [0.29, 0.717) is 5.92 Å². The van der Waals surface area contributed by atoms with Gasteiger partial charge in [-0.2, -0.15) is 0 Å². The van der Waals surface area contributed by atoms with Gasteiger partial charge in [0.05, 0.1) is 0 Å². The molecule has 136 valence electrons. The van der Waals surface area contributed by atoms with Crippen LogP contribution in [0.5, 0.6) is 0 Å². The summed E-state index contributed by atoms with van der Waals surface area (Å²) < 4.78 is 14.0. The highest BCUT2D eigenvalue weighted by atomic mass is 19.1. The minimum atomic E-state index is -0.0936. The Labute approximate surface area is 153 Å². The van der Waals surface area contributed by atoms with Gasteiger partial charge in [-0.15, -0.1) is 0 Å². The first-order valence-corrected chi connectivity index (χ1v) is 10.5. The van der Waals surface area contributed by atoms with Gasteiger partial charge < -0.3 is 0 Å². The van der Waals surface area contributed by atoms with Crippen molar-refractivity contribution in [3.05, 3.63) is 35.1 Å². The second kappa shape index (κ2) is 8.88. The van der Waals surface area contributed by atoms with Crippen LogP contribution >= 0.6 is 0 Å². The second-order valence-corrected chi connectivity index (χ2v) is 8.46. The Bertz CT molecular complexity index is 605. The third kappa shape index (κ3) is 5.10. The molecule has 25 heavy (non-hydrogen) atoms. The van der Waals surface area contributed by atoms with Crippen molar-refractivity contribution in [2.24, 2.45) is 23.7 Å². The molecule has 2 aliphatic carbocycles. The fourth-order valence-corrected chi connectivity index (χ4v) is 4.77. The molecule has 0 aliphatic heterocycles. The van der Waals surface area contributed by atoms with Crippen LogP contribution in [0, 0.1) is 41.3 Å². The maximum atomic E-state index is 14.0. The van der Waals surface area contributed by atoms with E-state index in [9.17, 15) is 4.39 Å². The summed E-state index contributed by atoms with van der Waals surface area (Å²) in [5, 5.41) is 0. The Morgan fingerprint density at radius 3 is 2.20 bits per heavy atom. The lowest BCUT2D eigenvalue weighted by molar-refractivity contribution is 0.162. The van der Waals surface area contributed by atoms with E-state index in [4.69, 9.17) is 0 Å². The summed E-state index contributed by atoms with van der Waals surface area (Å²) in [5.74, 6) is 9.95. The largest absolute Gasteiger partial charge is 0.207 e. The Balaban J connectivity index is 1.51. The molecule has 0 atom stereocenters.